The third-order valence-corrected chi connectivity index (χ3v) is 29.4. The lowest BCUT2D eigenvalue weighted by atomic mass is 9.93. The highest BCUT2D eigenvalue weighted by molar-refractivity contribution is 6.36. The number of carbonyl (C=O) groups excluding carboxylic acids is 8. The molecule has 7 aromatic carbocycles. The normalized spacial score (nSPS) is 19.2. The maximum atomic E-state index is 13.9. The maximum Gasteiger partial charge on any atom is 0.263 e. The van der Waals surface area contributed by atoms with E-state index in [4.69, 9.17) is 28.4 Å². The summed E-state index contributed by atoms with van der Waals surface area (Å²) < 4.78 is 34.0. The molecule has 4 saturated heterocycles. The number of piperazine rings is 4. The lowest BCUT2D eigenvalue weighted by Crippen LogP contribution is -2.50. The number of rotatable bonds is 19. The van der Waals surface area contributed by atoms with E-state index in [1.807, 2.05) is 61.5 Å². The van der Waals surface area contributed by atoms with Crippen LogP contribution in [0.4, 0.5) is 0 Å². The number of aryl methyl sites for hydroxylation is 4. The van der Waals surface area contributed by atoms with Gasteiger partial charge in [0.2, 0.25) is 0 Å². The van der Waals surface area contributed by atoms with Crippen LogP contribution in [0.2, 0.25) is 0 Å². The van der Waals surface area contributed by atoms with E-state index in [1.54, 1.807) is 33.6 Å². The molecule has 682 valence electrons. The summed E-state index contributed by atoms with van der Waals surface area (Å²) in [6.07, 6.45) is 12.7. The molecule has 0 atom stereocenters. The molecule has 131 heavy (non-hydrogen) atoms. The first kappa shape index (κ1) is 86.0. The van der Waals surface area contributed by atoms with Gasteiger partial charge in [-0.25, -0.2) is 4.98 Å². The Morgan fingerprint density at radius 1 is 0.305 bits per heavy atom. The Hall–Kier alpha value is -11.8. The molecule has 0 unspecified atom stereocenters. The summed E-state index contributed by atoms with van der Waals surface area (Å²) >= 11 is 0. The van der Waals surface area contributed by atoms with Crippen molar-refractivity contribution in [3.8, 4) is 23.0 Å². The summed E-state index contributed by atoms with van der Waals surface area (Å²) in [6, 6.07) is 19.5. The summed E-state index contributed by atoms with van der Waals surface area (Å²) in [5, 5.41) is 6.74. The molecule has 24 rings (SSSR count). The molecule has 5 aromatic heterocycles. The number of nitrogens with zero attached hydrogens (tertiary/aromatic N) is 13. The molecule has 13 heterocycles. The quantitative estimate of drug-likeness (QED) is 0.0432. The van der Waals surface area contributed by atoms with Gasteiger partial charge in [0.05, 0.1) is 159 Å². The first-order valence-electron chi connectivity index (χ1n) is 46.7. The molecule has 4 fully saturated rings. The van der Waals surface area contributed by atoms with Crippen molar-refractivity contribution in [2.24, 2.45) is 0 Å². The van der Waals surface area contributed by atoms with Gasteiger partial charge < -0.3 is 68.0 Å². The van der Waals surface area contributed by atoms with Gasteiger partial charge in [-0.2, -0.15) is 0 Å². The van der Waals surface area contributed by atoms with E-state index in [2.05, 4.69) is 92.3 Å². The Kier molecular flexibility index (Phi) is 23.0. The second kappa shape index (κ2) is 35.1. The number of imide groups is 4. The predicted molar refractivity (Wildman–Crippen MR) is 499 cm³/mol. The van der Waals surface area contributed by atoms with Crippen LogP contribution < -0.4 is 18.9 Å². The molecule has 0 saturated carbocycles. The fourth-order valence-corrected chi connectivity index (χ4v) is 22.6. The number of nitrogens with one attached hydrogen (secondary N) is 4. The van der Waals surface area contributed by atoms with Crippen molar-refractivity contribution in [2.45, 2.75) is 84.0 Å². The van der Waals surface area contributed by atoms with Crippen LogP contribution in [0.1, 0.15) is 160 Å². The van der Waals surface area contributed by atoms with E-state index in [0.29, 0.717) is 127 Å². The number of fused-ring (bicyclic) bond motifs is 32. The van der Waals surface area contributed by atoms with E-state index in [1.165, 1.54) is 36.3 Å². The average molecular weight is 1780 g/mol. The first-order valence-corrected chi connectivity index (χ1v) is 46.7. The number of hydrogen-bond acceptors (Lipinski definition) is 23. The van der Waals surface area contributed by atoms with Crippen molar-refractivity contribution in [2.75, 3.05) is 214 Å². The van der Waals surface area contributed by atoms with Gasteiger partial charge in [-0.05, 0) is 199 Å². The Morgan fingerprint density at radius 3 is 0.908 bits per heavy atom. The number of ether oxygens (including phenoxy) is 6. The third kappa shape index (κ3) is 14.6. The average Bonchev–Trinajstić information content (AvgIpc) is 1.57. The van der Waals surface area contributed by atoms with E-state index in [0.717, 1.165) is 297 Å². The smallest absolute Gasteiger partial charge is 0.263 e. The number of aromatic amines is 4. The van der Waals surface area contributed by atoms with Gasteiger partial charge in [0.1, 0.15) is 41.9 Å². The molecular formula is C100H113N17O14. The number of amides is 8. The number of aromatic nitrogens is 5. The second-order valence-corrected chi connectivity index (χ2v) is 37.0. The second-order valence-electron chi connectivity index (χ2n) is 37.0. The fourth-order valence-electron chi connectivity index (χ4n) is 22.6. The van der Waals surface area contributed by atoms with Crippen molar-refractivity contribution < 1.29 is 66.8 Å². The SMILES string of the molecule is CCOCCOc1cccc2[nH]c3c4c(c5c(c3c12)C(=O)N(CN1CCN(C)CC1)C5=O)CCC4.COCCOc1cccc2[nH]c3c4c(c5c(c3c12)C(=O)N(CN1CCN(C)CC1)C5=O)CCC4.COc1cccc2[nH]c3c4c(c5c(c3c12)C(=O)N(CN1CCN(C)CC1)C5=O)CCC4.COc1ccnc2[nH]c3c4c(c5c(c3c12)C(=O)N(CN1CCN(C)CC1)C5=O)CCC4. The van der Waals surface area contributed by atoms with Gasteiger partial charge in [0.15, 0.2) is 0 Å². The first-order chi connectivity index (χ1) is 63.8. The summed E-state index contributed by atoms with van der Waals surface area (Å²) in [6.45, 7) is 20.1. The summed E-state index contributed by atoms with van der Waals surface area (Å²) in [4.78, 5) is 152. The van der Waals surface area contributed by atoms with Crippen molar-refractivity contribution in [3.05, 3.63) is 156 Å². The number of H-pyrrole nitrogens is 4. The Labute approximate surface area is 757 Å². The largest absolute Gasteiger partial charge is 0.496 e. The van der Waals surface area contributed by atoms with Crippen molar-refractivity contribution in [1.82, 2.24) is 83.7 Å². The van der Waals surface area contributed by atoms with Gasteiger partial charge in [-0.1, -0.05) is 18.2 Å². The number of carbonyl (C=O) groups is 8. The van der Waals surface area contributed by atoms with Crippen LogP contribution in [-0.2, 0) is 60.8 Å². The Morgan fingerprint density at radius 2 is 0.588 bits per heavy atom. The van der Waals surface area contributed by atoms with Crippen LogP contribution >= 0.6 is 0 Å². The standard InChI is InChI=1S/C27H32N4O4.C26H30N4O4.C24H26N4O3.C23H25N5O3/c1-3-34-14-15-35-20-9-5-8-19-22(20)23-24-21(17-6-4-7-18(17)25(23)28-19)26(32)31(27(24)33)16-30-12-10-29(2)11-13-30;1-28-9-11-29(12-10-28)15-30-25(31)20-16-5-3-6-17(16)24-22(23(20)26(30)32)21-18(27-24)7-4-8-19(21)34-14-13-33-2;1-26-9-11-27(12-10-26)13-28-23(29)18-14-5-3-6-15(14)22-20(21(18)24(28)30)19-16(25-22)7-4-8-17(19)31-2;1-26-8-10-27(11-9-26)12-28-22(29)16-13-4-3-5-14(13)20-18(19(16)23(28)30)17-15(31-2)6-7-24-21(17)25-20/h5,8-9,28H,3-4,6-7,10-16H2,1-2H3;4,7-8,27H,3,5-6,9-15H2,1-2H3;4,7-8,25H,3,5-6,9-13H2,1-2H3;6-7H,3-5,8-12H2,1-2H3,(H,24,25). The molecule has 8 aliphatic heterocycles. The molecule has 12 aromatic rings. The third-order valence-electron chi connectivity index (χ3n) is 29.4. The molecule has 31 nitrogen and oxygen atoms in total. The van der Waals surface area contributed by atoms with Crippen LogP contribution in [-0.4, -0.2) is 345 Å². The summed E-state index contributed by atoms with van der Waals surface area (Å²) in [7, 11) is 13.3. The van der Waals surface area contributed by atoms with Gasteiger partial charge >= 0.3 is 0 Å². The van der Waals surface area contributed by atoms with Crippen LogP contribution in [0, 0.1) is 0 Å². The van der Waals surface area contributed by atoms with E-state index < -0.39 is 0 Å². The van der Waals surface area contributed by atoms with Gasteiger partial charge in [0, 0.05) is 146 Å². The molecule has 4 N–H and O–H groups in total. The van der Waals surface area contributed by atoms with E-state index >= 15 is 0 Å². The lowest BCUT2D eigenvalue weighted by molar-refractivity contribution is 0.0463. The zero-order chi connectivity index (χ0) is 90.1. The topological polar surface area (TPSA) is 307 Å². The fraction of sp³-hybridized carbons (Fsp3) is 0.450. The highest BCUT2D eigenvalue weighted by Crippen LogP contribution is 2.51. The molecular weight excluding hydrogens is 1660 g/mol. The lowest BCUT2D eigenvalue weighted by Gasteiger charge is -2.34. The molecule has 31 heteroatoms. The minimum Gasteiger partial charge on any atom is -0.496 e. The Balaban J connectivity index is 0.000000106. The van der Waals surface area contributed by atoms with E-state index in [-0.39, 0.29) is 47.3 Å². The maximum absolute atomic E-state index is 13.9. The van der Waals surface area contributed by atoms with E-state index in [9.17, 15) is 38.4 Å². The van der Waals surface area contributed by atoms with Crippen LogP contribution in [0.25, 0.3) is 87.4 Å². The minimum absolute atomic E-state index is 0.136. The zero-order valence-corrected chi connectivity index (χ0v) is 76.0. The zero-order valence-electron chi connectivity index (χ0n) is 76.0. The minimum atomic E-state index is -0.203. The van der Waals surface area contributed by atoms with Gasteiger partial charge in [-0.15, -0.1) is 0 Å². The highest BCUT2D eigenvalue weighted by Gasteiger charge is 2.49. The molecule has 0 radical (unpaired) electrons. The van der Waals surface area contributed by atoms with Crippen molar-refractivity contribution in [1.29, 1.82) is 0 Å². The molecule has 8 amide bonds. The van der Waals surface area contributed by atoms with Gasteiger partial charge in [-0.3, -0.25) is 77.6 Å². The van der Waals surface area contributed by atoms with Crippen molar-refractivity contribution in [3.63, 3.8) is 0 Å². The number of methoxy groups -OCH3 is 3. The van der Waals surface area contributed by atoms with Gasteiger partial charge in [0.25, 0.3) is 47.3 Å². The molecule has 12 aliphatic rings. The number of hydrogen-bond donors (Lipinski definition) is 4. The highest BCUT2D eigenvalue weighted by atomic mass is 16.5. The van der Waals surface area contributed by atoms with Crippen LogP contribution in [0.5, 0.6) is 23.0 Å². The summed E-state index contributed by atoms with van der Waals surface area (Å²) in [5.41, 5.74) is 20.9. The molecule has 0 spiro atoms. The number of likely N-dealkylation sites (N-methyl/N-ethyl adjacent to an activating group) is 4. The molecule has 4 aliphatic carbocycles. The van der Waals surface area contributed by atoms with Crippen LogP contribution in [0.15, 0.2) is 66.9 Å². The Bertz CT molecular complexity index is 6530. The van der Waals surface area contributed by atoms with Crippen LogP contribution in [0.3, 0.4) is 0 Å². The number of pyridine rings is 1. The summed E-state index contributed by atoms with van der Waals surface area (Å²) in [5.74, 6) is 1.47. The van der Waals surface area contributed by atoms with Crippen molar-refractivity contribution >= 4 is 135 Å². The predicted octanol–water partition coefficient (Wildman–Crippen LogP) is 10.3. The monoisotopic (exact) mass is 1780 g/mol. The number of benzene rings is 7. The molecule has 0 bridgehead atoms.